The molecule has 0 aliphatic heterocycles. The van der Waals surface area contributed by atoms with Crippen molar-refractivity contribution in [2.45, 2.75) is 20.0 Å². The Kier molecular flexibility index (Phi) is 11.6. The van der Waals surface area contributed by atoms with Gasteiger partial charge in [-0.15, -0.1) is 24.3 Å². The van der Waals surface area contributed by atoms with E-state index in [1.54, 1.807) is 30.7 Å². The van der Waals surface area contributed by atoms with Gasteiger partial charge in [-0.25, -0.2) is 0 Å². The number of hydrogen-bond acceptors (Lipinski definition) is 8. The van der Waals surface area contributed by atoms with E-state index in [2.05, 4.69) is 32.5 Å². The molecule has 8 rings (SSSR count). The Morgan fingerprint density at radius 2 is 0.940 bits per heavy atom. The Hall–Kier alpha value is -5.61. The number of rotatable bonds is 5. The Morgan fingerprint density at radius 3 is 1.22 bits per heavy atom. The van der Waals surface area contributed by atoms with Gasteiger partial charge in [0.15, 0.2) is 0 Å². The van der Waals surface area contributed by atoms with E-state index in [0.717, 1.165) is 66.5 Å². The molecule has 0 fully saturated rings. The van der Waals surface area contributed by atoms with Crippen LogP contribution in [0.3, 0.4) is 0 Å². The molecule has 0 aliphatic rings. The topological polar surface area (TPSA) is 120 Å². The molecular weight excluding hydrogens is 809 g/mol. The minimum Gasteiger partial charge on any atom is -0.554 e. The fourth-order valence-electron chi connectivity index (χ4n) is 5.33. The van der Waals surface area contributed by atoms with E-state index in [1.807, 2.05) is 109 Å². The number of nitrogens with zero attached hydrogens (tertiary/aromatic N) is 6. The third kappa shape index (κ3) is 7.82. The standard InChI is InChI=1S/2C17H12N3O.C5H10O2.Ir/c2*1-21-17-11-10-16(12-6-2-3-7-13(12)17)20-18-14-8-4-5-9-15(14)19-20;1-4(6)3-5(2)7;/h2*2-9,11H,1H3;3-4,6-7H,1-2H3;/q2*-1;;/b;;5-3-;. The van der Waals surface area contributed by atoms with Crippen molar-refractivity contribution in [3.8, 4) is 22.9 Å². The summed E-state index contributed by atoms with van der Waals surface area (Å²) >= 11 is 0. The molecule has 0 aliphatic carbocycles. The maximum absolute atomic E-state index is 8.49. The second kappa shape index (κ2) is 16.2. The summed E-state index contributed by atoms with van der Waals surface area (Å²) in [7, 11) is 3.32. The molecule has 0 saturated carbocycles. The van der Waals surface area contributed by atoms with Gasteiger partial charge < -0.3 is 19.7 Å². The van der Waals surface area contributed by atoms with E-state index in [0.29, 0.717) is 0 Å². The van der Waals surface area contributed by atoms with Crippen molar-refractivity contribution in [1.29, 1.82) is 0 Å². The molecule has 8 aromatic rings. The van der Waals surface area contributed by atoms with Crippen molar-refractivity contribution in [3.63, 3.8) is 0 Å². The van der Waals surface area contributed by atoms with E-state index in [-0.39, 0.29) is 25.9 Å². The molecule has 1 radical (unpaired) electrons. The smallest absolute Gasteiger partial charge is 0.113 e. The van der Waals surface area contributed by atoms with Gasteiger partial charge in [0.2, 0.25) is 0 Å². The quantitative estimate of drug-likeness (QED) is 0.135. The number of methoxy groups -OCH3 is 2. The first-order valence-electron chi connectivity index (χ1n) is 15.5. The summed E-state index contributed by atoms with van der Waals surface area (Å²) in [6.07, 6.45) is 0.824. The number of hydrogen-bond donors (Lipinski definition) is 2. The van der Waals surface area contributed by atoms with Gasteiger partial charge in [0.05, 0.1) is 26.1 Å². The Bertz CT molecular complexity index is 2180. The van der Waals surface area contributed by atoms with Crippen molar-refractivity contribution in [3.05, 3.63) is 133 Å². The predicted molar refractivity (Wildman–Crippen MR) is 192 cm³/mol. The minimum atomic E-state index is -0.537. The Morgan fingerprint density at radius 1 is 0.620 bits per heavy atom. The summed E-state index contributed by atoms with van der Waals surface area (Å²) in [4.78, 5) is 3.26. The zero-order valence-corrected chi connectivity index (χ0v) is 30.2. The molecule has 0 bridgehead atoms. The Balaban J connectivity index is 0.000000162. The second-order valence-corrected chi connectivity index (χ2v) is 11.0. The number of aliphatic hydroxyl groups is 2. The predicted octanol–water partition coefficient (Wildman–Crippen LogP) is 7.59. The first-order valence-corrected chi connectivity index (χ1v) is 15.5. The maximum Gasteiger partial charge on any atom is 0.113 e. The van der Waals surface area contributed by atoms with Crippen LogP contribution < -0.4 is 9.47 Å². The van der Waals surface area contributed by atoms with Crippen LogP contribution in [0.1, 0.15) is 13.8 Å². The molecule has 0 spiro atoms. The van der Waals surface area contributed by atoms with Crippen molar-refractivity contribution in [2.75, 3.05) is 14.2 Å². The fraction of sp³-hybridized carbons (Fsp3) is 0.128. The monoisotopic (exact) mass is 843 g/mol. The molecule has 0 saturated heterocycles. The maximum atomic E-state index is 8.49. The molecule has 6 aromatic carbocycles. The minimum absolute atomic E-state index is 0. The fourth-order valence-corrected chi connectivity index (χ4v) is 5.33. The van der Waals surface area contributed by atoms with Crippen LogP contribution in [0.15, 0.2) is 121 Å². The molecule has 1 atom stereocenters. The third-order valence-corrected chi connectivity index (χ3v) is 7.47. The second-order valence-electron chi connectivity index (χ2n) is 11.0. The summed E-state index contributed by atoms with van der Waals surface area (Å²) in [5.74, 6) is 1.76. The third-order valence-electron chi connectivity index (χ3n) is 7.47. The first-order chi connectivity index (χ1) is 23.9. The summed E-state index contributed by atoms with van der Waals surface area (Å²) in [5.41, 5.74) is 5.11. The van der Waals surface area contributed by atoms with Crippen LogP contribution in [0.4, 0.5) is 0 Å². The van der Waals surface area contributed by atoms with Crippen molar-refractivity contribution in [1.82, 2.24) is 30.0 Å². The SMILES string of the molecule is C/C(O)=C/C(C)O.COc1c[c-]c(-n2nc3ccccc3n2)c2ccccc12.COc1c[c-]c(-n2nc3ccccc3n2)c2ccccc12.[Ir]. The zero-order valence-electron chi connectivity index (χ0n) is 27.8. The number of fused-ring (bicyclic) bond motifs is 4. The molecular formula is C39H34IrN6O4-2. The number of aliphatic hydroxyl groups excluding tert-OH is 2. The van der Waals surface area contributed by atoms with Crippen LogP contribution >= 0.6 is 0 Å². The van der Waals surface area contributed by atoms with Gasteiger partial charge in [-0.1, -0.05) is 82.2 Å². The summed E-state index contributed by atoms with van der Waals surface area (Å²) < 4.78 is 10.8. The van der Waals surface area contributed by atoms with Crippen LogP contribution in [-0.4, -0.2) is 60.5 Å². The number of ether oxygens (including phenoxy) is 2. The van der Waals surface area contributed by atoms with Crippen molar-refractivity contribution >= 4 is 43.6 Å². The van der Waals surface area contributed by atoms with Crippen molar-refractivity contribution in [2.24, 2.45) is 0 Å². The average molecular weight is 843 g/mol. The van der Waals surface area contributed by atoms with E-state index in [4.69, 9.17) is 19.7 Å². The number of aromatic nitrogens is 6. The van der Waals surface area contributed by atoms with E-state index >= 15 is 0 Å². The van der Waals surface area contributed by atoms with Crippen molar-refractivity contribution < 1.29 is 39.8 Å². The van der Waals surface area contributed by atoms with Crippen LogP contribution in [0.2, 0.25) is 0 Å². The van der Waals surface area contributed by atoms with Crippen LogP contribution in [0, 0.1) is 12.1 Å². The number of benzene rings is 6. The van der Waals surface area contributed by atoms with E-state index in [1.165, 1.54) is 13.0 Å². The van der Waals surface area contributed by atoms with Gasteiger partial charge in [0.25, 0.3) is 0 Å². The van der Waals surface area contributed by atoms with E-state index in [9.17, 15) is 0 Å². The van der Waals surface area contributed by atoms with E-state index < -0.39 is 6.10 Å². The molecule has 2 aromatic heterocycles. The number of allylic oxidation sites excluding steroid dienone is 1. The Labute approximate surface area is 302 Å². The van der Waals surface area contributed by atoms with Crippen LogP contribution in [-0.2, 0) is 20.1 Å². The van der Waals surface area contributed by atoms with Crippen LogP contribution in [0.5, 0.6) is 11.5 Å². The zero-order chi connectivity index (χ0) is 34.3. The van der Waals surface area contributed by atoms with Gasteiger partial charge in [0, 0.05) is 31.6 Å². The molecule has 0 amide bonds. The molecule has 2 heterocycles. The first kappa shape index (κ1) is 35.7. The van der Waals surface area contributed by atoms with Gasteiger partial charge in [-0.05, 0) is 55.6 Å². The van der Waals surface area contributed by atoms with Crippen LogP contribution in [0.25, 0.3) is 55.0 Å². The molecule has 1 unspecified atom stereocenters. The molecule has 11 heteroatoms. The summed E-state index contributed by atoms with van der Waals surface area (Å²) in [6.45, 7) is 3.10. The van der Waals surface area contributed by atoms with Gasteiger partial charge in [0.1, 0.15) is 22.1 Å². The largest absolute Gasteiger partial charge is 0.554 e. The average Bonchev–Trinajstić information content (AvgIpc) is 3.75. The normalized spacial score (nSPS) is 11.7. The summed E-state index contributed by atoms with van der Waals surface area (Å²) in [6, 6.07) is 41.8. The van der Waals surface area contributed by atoms with Gasteiger partial charge in [-0.2, -0.15) is 42.1 Å². The molecule has 255 valence electrons. The summed E-state index contributed by atoms with van der Waals surface area (Å²) in [5, 5.41) is 39.1. The molecule has 10 nitrogen and oxygen atoms in total. The molecule has 2 N–H and O–H groups in total. The molecule has 50 heavy (non-hydrogen) atoms. The van der Waals surface area contributed by atoms with Gasteiger partial charge >= 0.3 is 0 Å². The van der Waals surface area contributed by atoms with Gasteiger partial charge in [-0.3, -0.25) is 0 Å².